The molecule has 0 saturated carbocycles. The van der Waals surface area contributed by atoms with Gasteiger partial charge in [-0.05, 0) is 13.0 Å². The number of nitrogens with one attached hydrogen (secondary N) is 1. The molecule has 0 fully saturated rings. The topological polar surface area (TPSA) is 75.1 Å². The van der Waals surface area contributed by atoms with E-state index in [-0.39, 0.29) is 12.5 Å². The lowest BCUT2D eigenvalue weighted by Gasteiger charge is -2.05. The number of carbonyl (C=O) groups excluding carboxylic acids is 1. The Labute approximate surface area is 75.8 Å². The molecule has 0 saturated heterocycles. The number of rotatable bonds is 3. The van der Waals surface area contributed by atoms with Gasteiger partial charge in [0.25, 0.3) is 5.91 Å². The zero-order chi connectivity index (χ0) is 9.68. The maximum atomic E-state index is 11.3. The first-order chi connectivity index (χ1) is 6.20. The van der Waals surface area contributed by atoms with Gasteiger partial charge in [-0.1, -0.05) is 0 Å². The highest BCUT2D eigenvalue weighted by atomic mass is 16.3. The Morgan fingerprint density at radius 2 is 2.46 bits per heavy atom. The molecule has 1 heterocycles. The number of hydrogen-bond donors (Lipinski definition) is 2. The van der Waals surface area contributed by atoms with E-state index in [9.17, 15) is 4.79 Å². The summed E-state index contributed by atoms with van der Waals surface area (Å²) >= 11 is 0. The van der Waals surface area contributed by atoms with Gasteiger partial charge >= 0.3 is 0 Å². The molecule has 2 N–H and O–H groups in total. The van der Waals surface area contributed by atoms with Crippen LogP contribution in [0.4, 0.5) is 0 Å². The maximum Gasteiger partial charge on any atom is 0.253 e. The van der Waals surface area contributed by atoms with E-state index in [0.29, 0.717) is 5.56 Å². The number of hydrogen-bond acceptors (Lipinski definition) is 4. The van der Waals surface area contributed by atoms with Crippen LogP contribution >= 0.6 is 0 Å². The van der Waals surface area contributed by atoms with Crippen LogP contribution in [0.5, 0.6) is 0 Å². The van der Waals surface area contributed by atoms with E-state index < -0.39 is 6.10 Å². The second kappa shape index (κ2) is 4.51. The summed E-state index contributed by atoms with van der Waals surface area (Å²) in [6, 6.07) is 1.56. The van der Waals surface area contributed by atoms with Gasteiger partial charge in [-0.15, -0.1) is 0 Å². The molecular weight excluding hydrogens is 170 g/mol. The smallest absolute Gasteiger partial charge is 0.253 e. The number of carbonyl (C=O) groups is 1. The van der Waals surface area contributed by atoms with Crippen LogP contribution in [-0.2, 0) is 0 Å². The molecular formula is C8H11N3O2. The predicted molar refractivity (Wildman–Crippen MR) is 46.0 cm³/mol. The Bertz CT molecular complexity index is 274. The van der Waals surface area contributed by atoms with Gasteiger partial charge in [-0.25, -0.2) is 0 Å². The van der Waals surface area contributed by atoms with Crippen LogP contribution < -0.4 is 5.32 Å². The molecule has 1 amide bonds. The first-order valence-electron chi connectivity index (χ1n) is 3.93. The number of nitrogens with zero attached hydrogens (tertiary/aromatic N) is 2. The summed E-state index contributed by atoms with van der Waals surface area (Å²) in [6.45, 7) is 1.84. The summed E-state index contributed by atoms with van der Waals surface area (Å²) in [5.74, 6) is -0.254. The largest absolute Gasteiger partial charge is 0.392 e. The highest BCUT2D eigenvalue weighted by molar-refractivity contribution is 5.93. The van der Waals surface area contributed by atoms with Crippen LogP contribution in [0, 0.1) is 0 Å². The molecule has 0 aliphatic rings. The lowest BCUT2D eigenvalue weighted by atomic mass is 10.3. The van der Waals surface area contributed by atoms with Gasteiger partial charge in [0.2, 0.25) is 0 Å². The fourth-order valence-corrected chi connectivity index (χ4v) is 0.767. The SMILES string of the molecule is C[C@H](O)CNC(=O)c1ccnnc1. The van der Waals surface area contributed by atoms with Crippen molar-refractivity contribution in [3.8, 4) is 0 Å². The van der Waals surface area contributed by atoms with Crippen LogP contribution in [0.15, 0.2) is 18.5 Å². The standard InChI is InChI=1S/C8H11N3O2/c1-6(12)4-9-8(13)7-2-3-10-11-5-7/h2-3,5-6,12H,4H2,1H3,(H,9,13)/t6-/m0/s1. The summed E-state index contributed by atoms with van der Waals surface area (Å²) < 4.78 is 0. The van der Waals surface area contributed by atoms with E-state index >= 15 is 0 Å². The molecule has 5 nitrogen and oxygen atoms in total. The maximum absolute atomic E-state index is 11.3. The van der Waals surface area contributed by atoms with Gasteiger partial charge in [0.1, 0.15) is 0 Å². The molecule has 0 unspecified atom stereocenters. The highest BCUT2D eigenvalue weighted by Crippen LogP contribution is 1.92. The minimum Gasteiger partial charge on any atom is -0.392 e. The number of aromatic nitrogens is 2. The number of aliphatic hydroxyl groups is 1. The molecule has 0 aliphatic carbocycles. The van der Waals surface area contributed by atoms with Crippen molar-refractivity contribution in [2.75, 3.05) is 6.54 Å². The van der Waals surface area contributed by atoms with Gasteiger partial charge in [0.15, 0.2) is 0 Å². The van der Waals surface area contributed by atoms with Crippen LogP contribution in [0.2, 0.25) is 0 Å². The van der Waals surface area contributed by atoms with E-state index in [2.05, 4.69) is 15.5 Å². The van der Waals surface area contributed by atoms with Crippen molar-refractivity contribution in [1.29, 1.82) is 0 Å². The van der Waals surface area contributed by atoms with Crippen molar-refractivity contribution in [2.24, 2.45) is 0 Å². The predicted octanol–water partition coefficient (Wildman–Crippen LogP) is -0.413. The molecule has 0 aromatic carbocycles. The summed E-state index contributed by atoms with van der Waals surface area (Å²) in [6.07, 6.45) is 2.27. The Morgan fingerprint density at radius 1 is 1.69 bits per heavy atom. The highest BCUT2D eigenvalue weighted by Gasteiger charge is 2.05. The fraction of sp³-hybridized carbons (Fsp3) is 0.375. The number of amides is 1. The molecule has 0 aliphatic heterocycles. The van der Waals surface area contributed by atoms with Crippen LogP contribution in [-0.4, -0.2) is 33.9 Å². The van der Waals surface area contributed by atoms with Crippen LogP contribution in [0.1, 0.15) is 17.3 Å². The normalized spacial score (nSPS) is 12.2. The van der Waals surface area contributed by atoms with E-state index in [1.165, 1.54) is 12.4 Å². The first kappa shape index (κ1) is 9.60. The molecule has 5 heteroatoms. The van der Waals surface area contributed by atoms with E-state index in [4.69, 9.17) is 5.11 Å². The van der Waals surface area contributed by atoms with Crippen molar-refractivity contribution in [2.45, 2.75) is 13.0 Å². The second-order valence-electron chi connectivity index (χ2n) is 2.69. The molecule has 0 radical (unpaired) electrons. The average Bonchev–Trinajstić information content (AvgIpc) is 2.15. The summed E-state index contributed by atoms with van der Waals surface area (Å²) in [5.41, 5.74) is 0.440. The Hall–Kier alpha value is -1.49. The van der Waals surface area contributed by atoms with E-state index in [1.807, 2.05) is 0 Å². The van der Waals surface area contributed by atoms with Crippen molar-refractivity contribution >= 4 is 5.91 Å². The zero-order valence-corrected chi connectivity index (χ0v) is 7.27. The Kier molecular flexibility index (Phi) is 3.33. The third-order valence-electron chi connectivity index (χ3n) is 1.40. The van der Waals surface area contributed by atoms with E-state index in [1.54, 1.807) is 13.0 Å². The zero-order valence-electron chi connectivity index (χ0n) is 7.27. The van der Waals surface area contributed by atoms with Gasteiger partial charge in [-0.2, -0.15) is 10.2 Å². The van der Waals surface area contributed by atoms with Crippen molar-refractivity contribution in [3.63, 3.8) is 0 Å². The van der Waals surface area contributed by atoms with Gasteiger partial charge < -0.3 is 10.4 Å². The first-order valence-corrected chi connectivity index (χ1v) is 3.93. The molecule has 70 valence electrons. The quantitative estimate of drug-likeness (QED) is 0.664. The second-order valence-corrected chi connectivity index (χ2v) is 2.69. The molecule has 1 aromatic rings. The van der Waals surface area contributed by atoms with E-state index in [0.717, 1.165) is 0 Å². The van der Waals surface area contributed by atoms with Gasteiger partial charge in [-0.3, -0.25) is 4.79 Å². The molecule has 0 bridgehead atoms. The van der Waals surface area contributed by atoms with Crippen LogP contribution in [0.3, 0.4) is 0 Å². The third kappa shape index (κ3) is 3.16. The molecule has 13 heavy (non-hydrogen) atoms. The average molecular weight is 181 g/mol. The van der Waals surface area contributed by atoms with Crippen molar-refractivity contribution < 1.29 is 9.90 Å². The van der Waals surface area contributed by atoms with Gasteiger partial charge in [0.05, 0.1) is 24.1 Å². The number of aliphatic hydroxyl groups excluding tert-OH is 1. The minimum absolute atomic E-state index is 0.237. The molecule has 0 spiro atoms. The summed E-state index contributed by atoms with van der Waals surface area (Å²) in [5, 5.41) is 18.6. The molecule has 1 aromatic heterocycles. The molecule has 1 rings (SSSR count). The van der Waals surface area contributed by atoms with Crippen LogP contribution in [0.25, 0.3) is 0 Å². The lowest BCUT2D eigenvalue weighted by molar-refractivity contribution is 0.0923. The van der Waals surface area contributed by atoms with Crippen molar-refractivity contribution in [3.05, 3.63) is 24.0 Å². The monoisotopic (exact) mass is 181 g/mol. The molecule has 1 atom stereocenters. The minimum atomic E-state index is -0.543. The lowest BCUT2D eigenvalue weighted by Crippen LogP contribution is -2.30. The summed E-state index contributed by atoms with van der Waals surface area (Å²) in [4.78, 5) is 11.3. The third-order valence-corrected chi connectivity index (χ3v) is 1.40. The van der Waals surface area contributed by atoms with Gasteiger partial charge in [0, 0.05) is 6.54 Å². The Balaban J connectivity index is 2.50. The Morgan fingerprint density at radius 3 is 3.00 bits per heavy atom. The fourth-order valence-electron chi connectivity index (χ4n) is 0.767. The summed E-state index contributed by atoms with van der Waals surface area (Å²) in [7, 11) is 0. The van der Waals surface area contributed by atoms with Crippen molar-refractivity contribution in [1.82, 2.24) is 15.5 Å².